The third-order valence-electron chi connectivity index (χ3n) is 8.80. The molecule has 5 rings (SSSR count). The van der Waals surface area contributed by atoms with Gasteiger partial charge in [-0.25, -0.2) is 19.2 Å². The lowest BCUT2D eigenvalue weighted by atomic mass is 9.68. The molecule has 1 aliphatic carbocycles. The van der Waals surface area contributed by atoms with Crippen LogP contribution in [0.3, 0.4) is 0 Å². The highest BCUT2D eigenvalue weighted by Gasteiger charge is 2.45. The van der Waals surface area contributed by atoms with Crippen molar-refractivity contribution in [3.05, 3.63) is 169 Å². The number of esters is 4. The van der Waals surface area contributed by atoms with Gasteiger partial charge in [0.2, 0.25) is 0 Å². The molecule has 0 bridgehead atoms. The summed E-state index contributed by atoms with van der Waals surface area (Å²) in [6.45, 7) is 16.5. The first-order valence-corrected chi connectivity index (χ1v) is 17.4. The van der Waals surface area contributed by atoms with Gasteiger partial charge in [0.05, 0.1) is 5.41 Å². The molecule has 0 saturated heterocycles. The van der Waals surface area contributed by atoms with E-state index in [2.05, 4.69) is 50.6 Å². The molecule has 10 heteroatoms. The second kappa shape index (κ2) is 17.9. The van der Waals surface area contributed by atoms with Crippen LogP contribution in [0, 0.1) is 0 Å². The van der Waals surface area contributed by atoms with Crippen LogP contribution in [0.25, 0.3) is 11.1 Å². The number of hydrogen-bond acceptors (Lipinski definition) is 10. The van der Waals surface area contributed by atoms with E-state index in [-0.39, 0.29) is 37.6 Å². The summed E-state index contributed by atoms with van der Waals surface area (Å²) in [7, 11) is 0. The van der Waals surface area contributed by atoms with Crippen LogP contribution in [0.1, 0.15) is 36.1 Å². The van der Waals surface area contributed by atoms with E-state index in [0.29, 0.717) is 11.5 Å². The van der Waals surface area contributed by atoms with E-state index in [1.807, 2.05) is 72.8 Å². The van der Waals surface area contributed by atoms with Gasteiger partial charge in [0, 0.05) is 23.3 Å². The topological polar surface area (TPSA) is 124 Å². The molecule has 282 valence electrons. The third-order valence-corrected chi connectivity index (χ3v) is 8.80. The third kappa shape index (κ3) is 9.10. The van der Waals surface area contributed by atoms with E-state index >= 15 is 0 Å². The molecular weight excluding hydrogens is 700 g/mol. The van der Waals surface area contributed by atoms with Gasteiger partial charge in [0.25, 0.3) is 0 Å². The molecule has 0 saturated carbocycles. The predicted molar refractivity (Wildman–Crippen MR) is 206 cm³/mol. The van der Waals surface area contributed by atoms with Crippen molar-refractivity contribution in [2.45, 2.75) is 31.5 Å². The number of fused-ring (bicyclic) bond motifs is 3. The van der Waals surface area contributed by atoms with E-state index in [4.69, 9.17) is 28.4 Å². The molecule has 2 atom stereocenters. The number of ether oxygens (including phenoxy) is 6. The van der Waals surface area contributed by atoms with Crippen LogP contribution in [0.5, 0.6) is 11.5 Å². The SMILES string of the molecule is C=CC(=O)OC(COC(=O)C(=C)C)COc1ccc(C2(c3ccc(OCC(COC(=O)C(=C)C)OC(=O)C=C)cc3)c3ccccc3-c3ccccc32)cc1. The predicted octanol–water partition coefficient (Wildman–Crippen LogP) is 7.24. The van der Waals surface area contributed by atoms with Gasteiger partial charge in [-0.15, -0.1) is 0 Å². The Balaban J connectivity index is 1.44. The monoisotopic (exact) mass is 742 g/mol. The van der Waals surface area contributed by atoms with Crippen LogP contribution in [-0.4, -0.2) is 62.5 Å². The zero-order valence-corrected chi connectivity index (χ0v) is 30.8. The van der Waals surface area contributed by atoms with Crippen molar-refractivity contribution in [3.8, 4) is 22.6 Å². The number of carbonyl (C=O) groups excluding carboxylic acids is 4. The first kappa shape index (κ1) is 39.5. The minimum absolute atomic E-state index is 0.0787. The summed E-state index contributed by atoms with van der Waals surface area (Å²) < 4.78 is 33.2. The summed E-state index contributed by atoms with van der Waals surface area (Å²) >= 11 is 0. The molecule has 0 fully saturated rings. The smallest absolute Gasteiger partial charge is 0.333 e. The fourth-order valence-electron chi connectivity index (χ4n) is 6.25. The normalized spacial score (nSPS) is 13.1. The van der Waals surface area contributed by atoms with Crippen LogP contribution in [0.2, 0.25) is 0 Å². The van der Waals surface area contributed by atoms with Crippen LogP contribution < -0.4 is 9.47 Å². The highest BCUT2D eigenvalue weighted by Crippen LogP contribution is 2.56. The van der Waals surface area contributed by atoms with Crippen LogP contribution >= 0.6 is 0 Å². The van der Waals surface area contributed by atoms with Crippen molar-refractivity contribution in [3.63, 3.8) is 0 Å². The Kier molecular flexibility index (Phi) is 12.9. The number of hydrogen-bond donors (Lipinski definition) is 0. The van der Waals surface area contributed by atoms with Crippen molar-refractivity contribution in [2.75, 3.05) is 26.4 Å². The Morgan fingerprint density at radius 1 is 0.564 bits per heavy atom. The molecule has 0 N–H and O–H groups in total. The highest BCUT2D eigenvalue weighted by molar-refractivity contribution is 5.88. The maximum atomic E-state index is 12.0. The molecule has 10 nitrogen and oxygen atoms in total. The Hall–Kier alpha value is -6.68. The van der Waals surface area contributed by atoms with E-state index in [9.17, 15) is 19.2 Å². The second-order valence-corrected chi connectivity index (χ2v) is 12.8. The summed E-state index contributed by atoms with van der Waals surface area (Å²) in [5, 5.41) is 0. The lowest BCUT2D eigenvalue weighted by Gasteiger charge is -2.34. The Bertz CT molecular complexity index is 1940. The first-order chi connectivity index (χ1) is 26.5. The molecule has 0 heterocycles. The summed E-state index contributed by atoms with van der Waals surface area (Å²) in [5.74, 6) is -1.54. The van der Waals surface area contributed by atoms with E-state index < -0.39 is 41.5 Å². The fraction of sp³-hybridized carbons (Fsp3) is 0.200. The van der Waals surface area contributed by atoms with Crippen molar-refractivity contribution in [1.29, 1.82) is 0 Å². The molecule has 4 aromatic rings. The molecule has 0 radical (unpaired) electrons. The average Bonchev–Trinajstić information content (AvgIpc) is 3.50. The van der Waals surface area contributed by atoms with Crippen LogP contribution in [0.15, 0.2) is 147 Å². The fourth-order valence-corrected chi connectivity index (χ4v) is 6.25. The van der Waals surface area contributed by atoms with Gasteiger partial charge in [-0.3, -0.25) is 0 Å². The van der Waals surface area contributed by atoms with Gasteiger partial charge in [0.15, 0.2) is 12.2 Å². The first-order valence-electron chi connectivity index (χ1n) is 17.4. The Morgan fingerprint density at radius 3 is 1.27 bits per heavy atom. The molecule has 0 aromatic heterocycles. The molecule has 55 heavy (non-hydrogen) atoms. The molecule has 4 aromatic carbocycles. The van der Waals surface area contributed by atoms with Gasteiger partial charge in [-0.2, -0.15) is 0 Å². The van der Waals surface area contributed by atoms with Gasteiger partial charge >= 0.3 is 23.9 Å². The minimum Gasteiger partial charge on any atom is -0.490 e. The maximum absolute atomic E-state index is 12.0. The van der Waals surface area contributed by atoms with E-state index in [1.54, 1.807) is 0 Å². The van der Waals surface area contributed by atoms with Crippen LogP contribution in [-0.2, 0) is 43.5 Å². The molecule has 2 unspecified atom stereocenters. The molecular formula is C45H42O10. The van der Waals surface area contributed by atoms with Crippen molar-refractivity contribution < 1.29 is 47.6 Å². The Morgan fingerprint density at radius 2 is 0.927 bits per heavy atom. The largest absolute Gasteiger partial charge is 0.490 e. The molecule has 0 aliphatic heterocycles. The number of benzene rings is 4. The lowest BCUT2D eigenvalue weighted by Crippen LogP contribution is -2.31. The summed E-state index contributed by atoms with van der Waals surface area (Å²) in [4.78, 5) is 47.9. The average molecular weight is 743 g/mol. The lowest BCUT2D eigenvalue weighted by molar-refractivity contribution is -0.154. The van der Waals surface area contributed by atoms with Crippen molar-refractivity contribution in [2.24, 2.45) is 0 Å². The summed E-state index contributed by atoms with van der Waals surface area (Å²) in [6.07, 6.45) is 0.287. The van der Waals surface area contributed by atoms with E-state index in [0.717, 1.165) is 45.5 Å². The van der Waals surface area contributed by atoms with Crippen molar-refractivity contribution in [1.82, 2.24) is 0 Å². The minimum atomic E-state index is -0.884. The Labute approximate surface area is 320 Å². The number of rotatable bonds is 18. The maximum Gasteiger partial charge on any atom is 0.333 e. The number of carbonyl (C=O) groups is 4. The standard InChI is InChI=1S/C45H42O10/c1-7-41(46)54-35(27-52-43(48)29(3)4)25-50-33-21-17-31(18-22-33)45(39-15-11-9-13-37(39)38-14-10-12-16-40(38)45)32-19-23-34(24-20-32)51-26-36(55-42(47)8-2)28-53-44(49)30(5)6/h7-24,35-36H,1-3,5,25-28H2,4,6H3. The zero-order valence-electron chi connectivity index (χ0n) is 30.8. The van der Waals surface area contributed by atoms with Crippen LogP contribution in [0.4, 0.5) is 0 Å². The summed E-state index contributed by atoms with van der Waals surface area (Å²) in [6, 6.07) is 31.9. The second-order valence-electron chi connectivity index (χ2n) is 12.8. The quantitative estimate of drug-likeness (QED) is 0.0516. The summed E-state index contributed by atoms with van der Waals surface area (Å²) in [5.41, 5.74) is 6.01. The highest BCUT2D eigenvalue weighted by atomic mass is 16.6. The van der Waals surface area contributed by atoms with Gasteiger partial charge in [0.1, 0.15) is 37.9 Å². The van der Waals surface area contributed by atoms with Crippen molar-refractivity contribution >= 4 is 23.9 Å². The van der Waals surface area contributed by atoms with E-state index in [1.165, 1.54) is 13.8 Å². The van der Waals surface area contributed by atoms with Gasteiger partial charge in [-0.05, 0) is 71.5 Å². The van der Waals surface area contributed by atoms with Gasteiger partial charge in [-0.1, -0.05) is 99.1 Å². The zero-order chi connectivity index (χ0) is 39.5. The molecule has 0 spiro atoms. The molecule has 0 amide bonds. The molecule has 1 aliphatic rings. The van der Waals surface area contributed by atoms with Gasteiger partial charge < -0.3 is 28.4 Å².